The molecule has 0 aromatic carbocycles. The number of esters is 1. The van der Waals surface area contributed by atoms with E-state index in [0.717, 1.165) is 42.0 Å². The Labute approximate surface area is 168 Å². The second-order valence-electron chi connectivity index (χ2n) is 6.77. The van der Waals surface area contributed by atoms with E-state index >= 15 is 0 Å². The molecule has 4 nitrogen and oxygen atoms in total. The topological polar surface area (TPSA) is 56.3 Å². The Balaban J connectivity index is 1.69. The largest absolute Gasteiger partial charge is 0.462 e. The Bertz CT molecular complexity index is 763. The van der Waals surface area contributed by atoms with Gasteiger partial charge in [-0.2, -0.15) is 0 Å². The molecule has 1 aromatic heterocycles. The summed E-state index contributed by atoms with van der Waals surface area (Å²) in [6, 6.07) is 0. The molecule has 2 heterocycles. The molecule has 6 heteroatoms. The van der Waals surface area contributed by atoms with E-state index in [9.17, 15) is 9.59 Å². The van der Waals surface area contributed by atoms with E-state index in [1.807, 2.05) is 24.6 Å². The number of fused-ring (bicyclic) bond motifs is 1. The third-order valence-electron chi connectivity index (χ3n) is 4.79. The lowest BCUT2D eigenvalue weighted by Gasteiger charge is -2.17. The van der Waals surface area contributed by atoms with Gasteiger partial charge < -0.3 is 4.74 Å². The normalized spacial score (nSPS) is 26.9. The lowest BCUT2D eigenvalue weighted by molar-refractivity contribution is -0.149. The van der Waals surface area contributed by atoms with Gasteiger partial charge in [0.15, 0.2) is 5.78 Å². The van der Waals surface area contributed by atoms with Crippen LogP contribution in [0.2, 0.25) is 0 Å². The number of nitrogens with zero attached hydrogens (tertiary/aromatic N) is 1. The molecule has 0 unspecified atom stereocenters. The Hall–Kier alpha value is -1.66. The summed E-state index contributed by atoms with van der Waals surface area (Å²) < 4.78 is 6.80. The van der Waals surface area contributed by atoms with Crippen LogP contribution in [0.5, 0.6) is 0 Å². The predicted octanol–water partition coefficient (Wildman–Crippen LogP) is 4.91. The number of carbonyl (C=O) groups is 2. The summed E-state index contributed by atoms with van der Waals surface area (Å²) in [5, 5.41) is 0. The van der Waals surface area contributed by atoms with Gasteiger partial charge in [-0.3, -0.25) is 9.59 Å². The predicted molar refractivity (Wildman–Crippen MR) is 110 cm³/mol. The van der Waals surface area contributed by atoms with Crippen LogP contribution in [0.15, 0.2) is 46.5 Å². The van der Waals surface area contributed by atoms with Crippen molar-refractivity contribution in [2.75, 3.05) is 6.26 Å². The van der Waals surface area contributed by atoms with Crippen LogP contribution in [0.3, 0.4) is 0 Å². The molecule has 3 rings (SSSR count). The lowest BCUT2D eigenvalue weighted by atomic mass is 9.96. The number of cyclic esters (lactones) is 1. The van der Waals surface area contributed by atoms with Crippen LogP contribution < -0.4 is 0 Å². The van der Waals surface area contributed by atoms with Gasteiger partial charge in [-0.25, -0.2) is 4.98 Å². The average Bonchev–Trinajstić information content (AvgIpc) is 3.26. The van der Waals surface area contributed by atoms with E-state index in [1.165, 1.54) is 4.88 Å². The number of hydrogen-bond donors (Lipinski definition) is 0. The van der Waals surface area contributed by atoms with Gasteiger partial charge in [-0.05, 0) is 44.4 Å². The zero-order chi connectivity index (χ0) is 19.1. The average molecular weight is 404 g/mol. The van der Waals surface area contributed by atoms with Gasteiger partial charge in [0.2, 0.25) is 0 Å². The maximum Gasteiger partial charge on any atom is 0.306 e. The summed E-state index contributed by atoms with van der Waals surface area (Å²) in [5.41, 5.74) is 0.836. The van der Waals surface area contributed by atoms with Crippen molar-refractivity contribution in [3.05, 3.63) is 47.0 Å². The number of ketones is 1. The van der Waals surface area contributed by atoms with E-state index in [2.05, 4.69) is 17.1 Å². The van der Waals surface area contributed by atoms with Gasteiger partial charge in [-0.1, -0.05) is 36.1 Å². The number of ether oxygens (including phenoxy) is 1. The minimum absolute atomic E-state index is 0.0837. The summed E-state index contributed by atoms with van der Waals surface area (Å²) in [4.78, 5) is 29.9. The number of thioether (sulfide) groups is 1. The van der Waals surface area contributed by atoms with Crippen molar-refractivity contribution in [3.63, 3.8) is 0 Å². The molecule has 2 aliphatic rings. The molecule has 27 heavy (non-hydrogen) atoms. The molecule has 0 amide bonds. The molecule has 0 fully saturated rings. The van der Waals surface area contributed by atoms with Gasteiger partial charge in [0, 0.05) is 35.4 Å². The lowest BCUT2D eigenvalue weighted by Crippen LogP contribution is -2.19. The molecule has 1 aliphatic heterocycles. The SMILES string of the molecule is CSc1ncc(CC[C@H]2C/C=C3/C(=O)C=C[C@@H]3C/C=C\CCCC(=O)O2)s1. The van der Waals surface area contributed by atoms with Crippen molar-refractivity contribution in [1.29, 1.82) is 0 Å². The molecule has 1 aliphatic carbocycles. The second-order valence-corrected chi connectivity index (χ2v) is 8.94. The number of carbonyl (C=O) groups excluding carboxylic acids is 2. The molecule has 0 radical (unpaired) electrons. The molecule has 144 valence electrons. The van der Waals surface area contributed by atoms with Crippen LogP contribution in [0.25, 0.3) is 0 Å². The van der Waals surface area contributed by atoms with Gasteiger partial charge >= 0.3 is 5.97 Å². The van der Waals surface area contributed by atoms with Crippen molar-refractivity contribution in [3.8, 4) is 0 Å². The fourth-order valence-corrected chi connectivity index (χ4v) is 4.77. The Morgan fingerprint density at radius 1 is 1.30 bits per heavy atom. The van der Waals surface area contributed by atoms with E-state index < -0.39 is 0 Å². The first kappa shape index (κ1) is 20.1. The van der Waals surface area contributed by atoms with Crippen LogP contribution in [0.4, 0.5) is 0 Å². The molecular formula is C21H25NO3S2. The van der Waals surface area contributed by atoms with E-state index in [4.69, 9.17) is 4.74 Å². The standard InChI is InChI=1S/C21H25NO3S2/c1-26-21-22-14-17(27-21)11-9-16-10-12-18-15(8-13-19(18)23)6-4-2-3-5-7-20(24)25-16/h2,4,8,12-16H,3,5-7,9-11H2,1H3/b4-2-,18-12+/t15-,16-/m0/s1. The summed E-state index contributed by atoms with van der Waals surface area (Å²) in [5.74, 6) is 0.0875. The maximum atomic E-state index is 12.2. The van der Waals surface area contributed by atoms with Gasteiger partial charge in [0.05, 0.1) is 0 Å². The number of thiazole rings is 1. The van der Waals surface area contributed by atoms with E-state index in [1.54, 1.807) is 29.2 Å². The van der Waals surface area contributed by atoms with Crippen LogP contribution in [0, 0.1) is 5.92 Å². The van der Waals surface area contributed by atoms with Crippen molar-refractivity contribution in [2.45, 2.75) is 55.4 Å². The number of rotatable bonds is 4. The maximum absolute atomic E-state index is 12.2. The molecule has 0 spiro atoms. The Kier molecular flexibility index (Phi) is 7.47. The Morgan fingerprint density at radius 3 is 3.00 bits per heavy atom. The zero-order valence-corrected chi connectivity index (χ0v) is 17.2. The fraction of sp³-hybridized carbons (Fsp3) is 0.476. The van der Waals surface area contributed by atoms with Gasteiger partial charge in [0.1, 0.15) is 10.4 Å². The summed E-state index contributed by atoms with van der Waals surface area (Å²) in [7, 11) is 0. The van der Waals surface area contributed by atoms with Gasteiger partial charge in [0.25, 0.3) is 0 Å². The first-order valence-electron chi connectivity index (χ1n) is 9.41. The van der Waals surface area contributed by atoms with Gasteiger partial charge in [-0.15, -0.1) is 11.3 Å². The third kappa shape index (κ3) is 5.91. The van der Waals surface area contributed by atoms with Crippen LogP contribution >= 0.6 is 23.1 Å². The minimum Gasteiger partial charge on any atom is -0.462 e. The van der Waals surface area contributed by atoms with Crippen molar-refractivity contribution in [1.82, 2.24) is 4.98 Å². The summed E-state index contributed by atoms with van der Waals surface area (Å²) in [6.45, 7) is 0. The first-order valence-corrected chi connectivity index (χ1v) is 11.5. The smallest absolute Gasteiger partial charge is 0.306 e. The van der Waals surface area contributed by atoms with Crippen LogP contribution in [0.1, 0.15) is 43.4 Å². The summed E-state index contributed by atoms with van der Waals surface area (Å²) in [6.07, 6.45) is 18.7. The second kappa shape index (κ2) is 10.0. The monoisotopic (exact) mass is 403 g/mol. The molecular weight excluding hydrogens is 378 g/mol. The molecule has 0 saturated carbocycles. The van der Waals surface area contributed by atoms with Crippen molar-refractivity contribution >= 4 is 34.9 Å². The Morgan fingerprint density at radius 2 is 2.19 bits per heavy atom. The molecule has 1 aromatic rings. The highest BCUT2D eigenvalue weighted by molar-refractivity contribution is 8.00. The number of allylic oxidation sites excluding steroid dienone is 5. The highest BCUT2D eigenvalue weighted by Gasteiger charge is 2.23. The minimum atomic E-state index is -0.201. The van der Waals surface area contributed by atoms with Crippen LogP contribution in [-0.2, 0) is 20.7 Å². The molecule has 0 bridgehead atoms. The quantitative estimate of drug-likeness (QED) is 0.406. The highest BCUT2D eigenvalue weighted by atomic mass is 32.2. The third-order valence-corrected chi connectivity index (χ3v) is 6.85. The fourth-order valence-electron chi connectivity index (χ4n) is 3.30. The van der Waals surface area contributed by atoms with E-state index in [0.29, 0.717) is 12.8 Å². The number of hydrogen-bond acceptors (Lipinski definition) is 6. The first-order chi connectivity index (χ1) is 13.2. The summed E-state index contributed by atoms with van der Waals surface area (Å²) >= 11 is 3.33. The molecule has 2 atom stereocenters. The molecule has 0 saturated heterocycles. The van der Waals surface area contributed by atoms with E-state index in [-0.39, 0.29) is 23.8 Å². The van der Waals surface area contributed by atoms with Crippen LogP contribution in [-0.4, -0.2) is 29.1 Å². The van der Waals surface area contributed by atoms with Crippen molar-refractivity contribution in [2.24, 2.45) is 5.92 Å². The molecule has 0 N–H and O–H groups in total. The van der Waals surface area contributed by atoms with Crippen molar-refractivity contribution < 1.29 is 14.3 Å². The number of aryl methyl sites for hydroxylation is 1. The zero-order valence-electron chi connectivity index (χ0n) is 15.6. The number of aromatic nitrogens is 1. The highest BCUT2D eigenvalue weighted by Crippen LogP contribution is 2.28.